The zero-order valence-corrected chi connectivity index (χ0v) is 11.5. The minimum atomic E-state index is -0.893. The van der Waals surface area contributed by atoms with Crippen molar-refractivity contribution in [1.29, 1.82) is 0 Å². The van der Waals surface area contributed by atoms with Crippen molar-refractivity contribution < 1.29 is 14.7 Å². The summed E-state index contributed by atoms with van der Waals surface area (Å²) >= 11 is 0. The number of aryl methyl sites for hydroxylation is 1. The number of benzene rings is 1. The average molecular weight is 275 g/mol. The molecule has 0 spiro atoms. The van der Waals surface area contributed by atoms with Crippen molar-refractivity contribution in [2.24, 2.45) is 0 Å². The molecule has 20 heavy (non-hydrogen) atoms. The van der Waals surface area contributed by atoms with E-state index in [0.717, 1.165) is 16.9 Å². The maximum atomic E-state index is 12.0. The van der Waals surface area contributed by atoms with Crippen molar-refractivity contribution in [3.8, 4) is 0 Å². The Morgan fingerprint density at radius 3 is 2.80 bits per heavy atom. The van der Waals surface area contributed by atoms with Gasteiger partial charge in [0.1, 0.15) is 6.04 Å². The molecule has 2 aliphatic rings. The smallest absolute Gasteiger partial charge is 0.249 e. The topological polar surface area (TPSA) is 72.9 Å². The van der Waals surface area contributed by atoms with Crippen LogP contribution in [0.4, 0.5) is 11.4 Å². The van der Waals surface area contributed by atoms with E-state index in [-0.39, 0.29) is 11.8 Å². The lowest BCUT2D eigenvalue weighted by molar-refractivity contribution is -0.134. The van der Waals surface area contributed by atoms with Crippen molar-refractivity contribution in [2.75, 3.05) is 16.8 Å². The molecule has 0 bridgehead atoms. The second kappa shape index (κ2) is 4.49. The number of para-hydroxylation sites is 1. The standard InChI is InChI=1S/C14H17N3O3/c1-8-4-3-5-9-12(8)16(2)14(20)17(9)10-6-7-11(18)15-13(10)19/h3-5,10,14,20H,6-7H2,1-2H3,(H,15,18,19). The Bertz CT molecular complexity index is 587. The summed E-state index contributed by atoms with van der Waals surface area (Å²) in [6, 6.07) is 5.24. The molecule has 2 unspecified atom stereocenters. The van der Waals surface area contributed by atoms with Crippen LogP contribution < -0.4 is 15.1 Å². The molecule has 2 atom stereocenters. The maximum Gasteiger partial charge on any atom is 0.249 e. The largest absolute Gasteiger partial charge is 0.356 e. The van der Waals surface area contributed by atoms with Gasteiger partial charge in [-0.2, -0.15) is 0 Å². The van der Waals surface area contributed by atoms with Crippen LogP contribution in [0.5, 0.6) is 0 Å². The van der Waals surface area contributed by atoms with Crippen molar-refractivity contribution in [3.05, 3.63) is 23.8 Å². The highest BCUT2D eigenvalue weighted by Crippen LogP contribution is 2.42. The summed E-state index contributed by atoms with van der Waals surface area (Å²) in [5.74, 6) is -0.596. The second-order valence-corrected chi connectivity index (χ2v) is 5.27. The van der Waals surface area contributed by atoms with Gasteiger partial charge in [-0.05, 0) is 25.0 Å². The number of imide groups is 1. The number of piperidine rings is 1. The van der Waals surface area contributed by atoms with Gasteiger partial charge in [-0.15, -0.1) is 0 Å². The van der Waals surface area contributed by atoms with E-state index in [1.165, 1.54) is 0 Å². The fourth-order valence-corrected chi connectivity index (χ4v) is 3.01. The van der Waals surface area contributed by atoms with E-state index in [4.69, 9.17) is 0 Å². The Labute approximate surface area is 117 Å². The third-order valence-corrected chi connectivity index (χ3v) is 3.99. The quantitative estimate of drug-likeness (QED) is 0.723. The maximum absolute atomic E-state index is 12.0. The van der Waals surface area contributed by atoms with Gasteiger partial charge in [-0.1, -0.05) is 12.1 Å². The van der Waals surface area contributed by atoms with Crippen molar-refractivity contribution in [3.63, 3.8) is 0 Å². The fourth-order valence-electron chi connectivity index (χ4n) is 3.01. The summed E-state index contributed by atoms with van der Waals surface area (Å²) in [7, 11) is 1.79. The first-order valence-corrected chi connectivity index (χ1v) is 6.63. The van der Waals surface area contributed by atoms with Crippen LogP contribution in [0, 0.1) is 6.92 Å². The Morgan fingerprint density at radius 2 is 2.10 bits per heavy atom. The monoisotopic (exact) mass is 275 g/mol. The zero-order valence-electron chi connectivity index (χ0n) is 11.5. The van der Waals surface area contributed by atoms with Crippen LogP contribution in [0.1, 0.15) is 18.4 Å². The molecule has 1 aromatic rings. The Morgan fingerprint density at radius 1 is 1.35 bits per heavy atom. The van der Waals surface area contributed by atoms with Crippen LogP contribution in [0.3, 0.4) is 0 Å². The van der Waals surface area contributed by atoms with Crippen molar-refractivity contribution >= 4 is 23.2 Å². The van der Waals surface area contributed by atoms with Gasteiger partial charge >= 0.3 is 0 Å². The molecule has 0 saturated carbocycles. The predicted molar refractivity (Wildman–Crippen MR) is 74.2 cm³/mol. The highest BCUT2D eigenvalue weighted by molar-refractivity contribution is 6.02. The molecule has 1 aromatic carbocycles. The normalized spacial score (nSPS) is 25.8. The van der Waals surface area contributed by atoms with Gasteiger partial charge in [0.2, 0.25) is 18.2 Å². The van der Waals surface area contributed by atoms with Gasteiger partial charge in [-0.3, -0.25) is 14.9 Å². The fraction of sp³-hybridized carbons (Fsp3) is 0.429. The lowest BCUT2D eigenvalue weighted by atomic mass is 10.0. The van der Waals surface area contributed by atoms with Crippen LogP contribution >= 0.6 is 0 Å². The number of carbonyl (C=O) groups excluding carboxylic acids is 2. The average Bonchev–Trinajstić information content (AvgIpc) is 2.64. The molecule has 6 heteroatoms. The lowest BCUT2D eigenvalue weighted by Crippen LogP contribution is -2.56. The number of aliphatic hydroxyl groups excluding tert-OH is 1. The van der Waals surface area contributed by atoms with E-state index in [0.29, 0.717) is 12.8 Å². The number of fused-ring (bicyclic) bond motifs is 1. The van der Waals surface area contributed by atoms with E-state index in [1.54, 1.807) is 16.8 Å². The molecule has 2 N–H and O–H groups in total. The Kier molecular flexibility index (Phi) is 2.90. The molecule has 0 aromatic heterocycles. The van der Waals surface area contributed by atoms with Gasteiger partial charge in [0, 0.05) is 13.5 Å². The van der Waals surface area contributed by atoms with E-state index < -0.39 is 12.4 Å². The number of aliphatic hydroxyl groups is 1. The van der Waals surface area contributed by atoms with Crippen molar-refractivity contribution in [1.82, 2.24) is 5.32 Å². The summed E-state index contributed by atoms with van der Waals surface area (Å²) < 4.78 is 0. The SMILES string of the molecule is Cc1cccc2c1N(C)C(O)N2C1CCC(=O)NC1=O. The molecular weight excluding hydrogens is 258 g/mol. The van der Waals surface area contributed by atoms with Gasteiger partial charge in [0.25, 0.3) is 0 Å². The lowest BCUT2D eigenvalue weighted by Gasteiger charge is -2.34. The Balaban J connectivity index is 2.01. The molecule has 2 amide bonds. The molecule has 1 fully saturated rings. The third kappa shape index (κ3) is 1.76. The number of hydrogen-bond acceptors (Lipinski definition) is 5. The summed E-state index contributed by atoms with van der Waals surface area (Å²) in [6.45, 7) is 1.97. The van der Waals surface area contributed by atoms with Gasteiger partial charge in [0.15, 0.2) is 0 Å². The first kappa shape index (κ1) is 12.9. The number of amides is 2. The van der Waals surface area contributed by atoms with Crippen LogP contribution in [0.2, 0.25) is 0 Å². The van der Waals surface area contributed by atoms with Crippen LogP contribution in [-0.2, 0) is 9.59 Å². The number of carbonyl (C=O) groups is 2. The van der Waals surface area contributed by atoms with Crippen LogP contribution in [0.25, 0.3) is 0 Å². The molecule has 0 radical (unpaired) electrons. The van der Waals surface area contributed by atoms with E-state index in [2.05, 4.69) is 5.32 Å². The molecule has 0 aliphatic carbocycles. The number of nitrogens with one attached hydrogen (secondary N) is 1. The molecule has 106 valence electrons. The minimum Gasteiger partial charge on any atom is -0.356 e. The summed E-state index contributed by atoms with van der Waals surface area (Å²) in [6.07, 6.45) is -0.178. The molecule has 2 aliphatic heterocycles. The first-order chi connectivity index (χ1) is 9.50. The summed E-state index contributed by atoms with van der Waals surface area (Å²) in [5, 5.41) is 12.8. The van der Waals surface area contributed by atoms with Gasteiger partial charge in [-0.25, -0.2) is 0 Å². The molecule has 1 saturated heterocycles. The number of nitrogens with zero attached hydrogens (tertiary/aromatic N) is 2. The molecule has 6 nitrogen and oxygen atoms in total. The third-order valence-electron chi connectivity index (χ3n) is 3.99. The highest BCUT2D eigenvalue weighted by Gasteiger charge is 2.42. The number of anilines is 2. The Hall–Kier alpha value is -2.08. The van der Waals surface area contributed by atoms with Crippen molar-refractivity contribution in [2.45, 2.75) is 32.2 Å². The zero-order chi connectivity index (χ0) is 14.4. The van der Waals surface area contributed by atoms with E-state index in [1.807, 2.05) is 25.1 Å². The first-order valence-electron chi connectivity index (χ1n) is 6.63. The minimum absolute atomic E-state index is 0.252. The molecule has 2 heterocycles. The van der Waals surface area contributed by atoms with Gasteiger partial charge < -0.3 is 14.9 Å². The number of rotatable bonds is 1. The summed E-state index contributed by atoms with van der Waals surface area (Å²) in [5.41, 5.74) is 2.79. The van der Waals surface area contributed by atoms with Gasteiger partial charge in [0.05, 0.1) is 11.4 Å². The predicted octanol–water partition coefficient (Wildman–Crippen LogP) is 0.332. The molecular formula is C14H17N3O3. The summed E-state index contributed by atoms with van der Waals surface area (Å²) in [4.78, 5) is 26.7. The van der Waals surface area contributed by atoms with Crippen LogP contribution in [0.15, 0.2) is 18.2 Å². The van der Waals surface area contributed by atoms with E-state index >= 15 is 0 Å². The highest BCUT2D eigenvalue weighted by atomic mass is 16.3. The molecule has 3 rings (SSSR count). The second-order valence-electron chi connectivity index (χ2n) is 5.27. The van der Waals surface area contributed by atoms with Crippen LogP contribution in [-0.4, -0.2) is 36.4 Å². The van der Waals surface area contributed by atoms with E-state index in [9.17, 15) is 14.7 Å². The number of hydrogen-bond donors (Lipinski definition) is 2.